The summed E-state index contributed by atoms with van der Waals surface area (Å²) >= 11 is 1.65. The molecule has 108 valence electrons. The summed E-state index contributed by atoms with van der Waals surface area (Å²) in [6.45, 7) is 8.49. The highest BCUT2D eigenvalue weighted by atomic mass is 32.2. The van der Waals surface area contributed by atoms with Crippen molar-refractivity contribution in [3.63, 3.8) is 0 Å². The van der Waals surface area contributed by atoms with Crippen molar-refractivity contribution in [3.05, 3.63) is 10.5 Å². The van der Waals surface area contributed by atoms with Crippen molar-refractivity contribution in [2.75, 3.05) is 0 Å². The first-order valence-electron chi connectivity index (χ1n) is 6.99. The molecule has 0 radical (unpaired) electrons. The lowest BCUT2D eigenvalue weighted by Gasteiger charge is -2.36. The minimum Gasteiger partial charge on any atom is -0.327 e. The average molecular weight is 284 g/mol. The first kappa shape index (κ1) is 14.7. The van der Waals surface area contributed by atoms with E-state index in [1.54, 1.807) is 16.3 Å². The molecule has 1 fully saturated rings. The van der Waals surface area contributed by atoms with Gasteiger partial charge in [0.2, 0.25) is 0 Å². The molecule has 1 aromatic rings. The molecule has 1 aliphatic carbocycles. The van der Waals surface area contributed by atoms with E-state index < -0.39 is 0 Å². The number of nitrogens with zero attached hydrogens (tertiary/aromatic N) is 2. The lowest BCUT2D eigenvalue weighted by atomic mass is 9.80. The van der Waals surface area contributed by atoms with E-state index in [1.165, 1.54) is 6.42 Å². The summed E-state index contributed by atoms with van der Waals surface area (Å²) in [5, 5.41) is 7.80. The van der Waals surface area contributed by atoms with Gasteiger partial charge in [-0.1, -0.05) is 25.6 Å². The summed E-state index contributed by atoms with van der Waals surface area (Å²) in [4.78, 5) is 11.7. The highest BCUT2D eigenvalue weighted by Gasteiger charge is 2.33. The maximum absolute atomic E-state index is 11.7. The fraction of sp³-hybridized carbons (Fsp3) is 0.846. The molecule has 5 nitrogen and oxygen atoms in total. The second-order valence-corrected chi connectivity index (χ2v) is 7.22. The SMILES string of the molecule is CC1CC(C)C(Sc2n[nH]c(=O)n2C(C)C)C(N)C1. The Hall–Kier alpha value is -0.750. The zero-order valence-corrected chi connectivity index (χ0v) is 12.9. The Balaban J connectivity index is 2.19. The molecule has 0 aromatic carbocycles. The number of hydrogen-bond acceptors (Lipinski definition) is 4. The molecule has 4 atom stereocenters. The summed E-state index contributed by atoms with van der Waals surface area (Å²) in [6, 6.07) is 0.291. The van der Waals surface area contributed by atoms with Gasteiger partial charge in [-0.05, 0) is 38.5 Å². The standard InChI is InChI=1S/C13H24N4OS/c1-7(2)17-12(18)15-16-13(17)19-11-9(4)5-8(3)6-10(11)14/h7-11H,5-6,14H2,1-4H3,(H,15,18). The molecule has 1 heterocycles. The Morgan fingerprint density at radius 2 is 2.11 bits per heavy atom. The normalized spacial score (nSPS) is 31.9. The summed E-state index contributed by atoms with van der Waals surface area (Å²) in [7, 11) is 0. The molecular formula is C13H24N4OS. The maximum Gasteiger partial charge on any atom is 0.344 e. The van der Waals surface area contributed by atoms with Crippen molar-refractivity contribution in [1.29, 1.82) is 0 Å². The Morgan fingerprint density at radius 3 is 2.68 bits per heavy atom. The smallest absolute Gasteiger partial charge is 0.327 e. The van der Waals surface area contributed by atoms with Gasteiger partial charge >= 0.3 is 5.69 Å². The second kappa shape index (κ2) is 5.71. The minimum absolute atomic E-state index is 0.114. The number of aromatic nitrogens is 3. The van der Waals surface area contributed by atoms with Crippen LogP contribution in [0, 0.1) is 11.8 Å². The van der Waals surface area contributed by atoms with Gasteiger partial charge in [0, 0.05) is 17.3 Å². The molecular weight excluding hydrogens is 260 g/mol. The van der Waals surface area contributed by atoms with Gasteiger partial charge in [-0.2, -0.15) is 0 Å². The zero-order valence-electron chi connectivity index (χ0n) is 12.1. The molecule has 4 unspecified atom stereocenters. The number of thioether (sulfide) groups is 1. The second-order valence-electron chi connectivity index (χ2n) is 6.08. The predicted octanol–water partition coefficient (Wildman–Crippen LogP) is 2.01. The van der Waals surface area contributed by atoms with Crippen LogP contribution < -0.4 is 11.4 Å². The molecule has 6 heteroatoms. The molecule has 0 bridgehead atoms. The molecule has 1 aromatic heterocycles. The van der Waals surface area contributed by atoms with E-state index in [1.807, 2.05) is 13.8 Å². The molecule has 0 saturated heterocycles. The van der Waals surface area contributed by atoms with Crippen molar-refractivity contribution >= 4 is 11.8 Å². The highest BCUT2D eigenvalue weighted by molar-refractivity contribution is 7.99. The Morgan fingerprint density at radius 1 is 1.42 bits per heavy atom. The summed E-state index contributed by atoms with van der Waals surface area (Å²) < 4.78 is 1.71. The molecule has 19 heavy (non-hydrogen) atoms. The molecule has 1 saturated carbocycles. The summed E-state index contributed by atoms with van der Waals surface area (Å²) in [6.07, 6.45) is 2.25. The van der Waals surface area contributed by atoms with Crippen molar-refractivity contribution < 1.29 is 0 Å². The molecule has 0 aliphatic heterocycles. The van der Waals surface area contributed by atoms with Gasteiger partial charge < -0.3 is 5.73 Å². The van der Waals surface area contributed by atoms with Gasteiger partial charge in [0.15, 0.2) is 5.16 Å². The number of H-pyrrole nitrogens is 1. The number of rotatable bonds is 3. The first-order valence-corrected chi connectivity index (χ1v) is 7.87. The van der Waals surface area contributed by atoms with E-state index in [-0.39, 0.29) is 17.8 Å². The van der Waals surface area contributed by atoms with Crippen LogP contribution >= 0.6 is 11.8 Å². The molecule has 2 rings (SSSR count). The third-order valence-electron chi connectivity index (χ3n) is 3.86. The lowest BCUT2D eigenvalue weighted by Crippen LogP contribution is -2.43. The average Bonchev–Trinajstić information content (AvgIpc) is 2.64. The quantitative estimate of drug-likeness (QED) is 0.890. The Kier molecular flexibility index (Phi) is 4.40. The van der Waals surface area contributed by atoms with Crippen LogP contribution in [0.4, 0.5) is 0 Å². The molecule has 3 N–H and O–H groups in total. The van der Waals surface area contributed by atoms with Crippen LogP contribution in [0.3, 0.4) is 0 Å². The van der Waals surface area contributed by atoms with Gasteiger partial charge in [0.05, 0.1) is 0 Å². The fourth-order valence-electron chi connectivity index (χ4n) is 3.04. The monoisotopic (exact) mass is 284 g/mol. The van der Waals surface area contributed by atoms with Gasteiger partial charge in [-0.3, -0.25) is 4.57 Å². The van der Waals surface area contributed by atoms with Gasteiger partial charge in [0.25, 0.3) is 0 Å². The number of nitrogens with one attached hydrogen (secondary N) is 1. The summed E-state index contributed by atoms with van der Waals surface area (Å²) in [5.74, 6) is 1.24. The van der Waals surface area contributed by atoms with Crippen LogP contribution in [-0.4, -0.2) is 26.1 Å². The van der Waals surface area contributed by atoms with Crippen molar-refractivity contribution in [2.24, 2.45) is 17.6 Å². The van der Waals surface area contributed by atoms with E-state index in [9.17, 15) is 4.79 Å². The maximum atomic E-state index is 11.7. The van der Waals surface area contributed by atoms with Crippen LogP contribution in [0.2, 0.25) is 0 Å². The lowest BCUT2D eigenvalue weighted by molar-refractivity contribution is 0.278. The third-order valence-corrected chi connectivity index (χ3v) is 5.45. The zero-order chi connectivity index (χ0) is 14.2. The van der Waals surface area contributed by atoms with Crippen molar-refractivity contribution in [3.8, 4) is 0 Å². The van der Waals surface area contributed by atoms with E-state index >= 15 is 0 Å². The van der Waals surface area contributed by atoms with E-state index in [0.29, 0.717) is 17.1 Å². The van der Waals surface area contributed by atoms with Gasteiger partial charge in [-0.15, -0.1) is 5.10 Å². The van der Waals surface area contributed by atoms with E-state index in [2.05, 4.69) is 24.0 Å². The van der Waals surface area contributed by atoms with E-state index in [4.69, 9.17) is 5.73 Å². The van der Waals surface area contributed by atoms with E-state index in [0.717, 1.165) is 11.6 Å². The van der Waals surface area contributed by atoms with Crippen molar-refractivity contribution in [1.82, 2.24) is 14.8 Å². The van der Waals surface area contributed by atoms with Crippen LogP contribution in [-0.2, 0) is 0 Å². The molecule has 0 spiro atoms. The summed E-state index contributed by atoms with van der Waals surface area (Å²) in [5.41, 5.74) is 6.16. The number of hydrogen-bond donors (Lipinski definition) is 2. The van der Waals surface area contributed by atoms with Crippen molar-refractivity contribution in [2.45, 2.75) is 63.0 Å². The Labute approximate surface area is 118 Å². The fourth-order valence-corrected chi connectivity index (χ4v) is 4.42. The molecule has 0 amide bonds. The van der Waals surface area contributed by atoms with Gasteiger partial charge in [0.1, 0.15) is 0 Å². The van der Waals surface area contributed by atoms with Crippen LogP contribution in [0.15, 0.2) is 9.95 Å². The number of aromatic amines is 1. The predicted molar refractivity (Wildman–Crippen MR) is 78.4 cm³/mol. The minimum atomic E-state index is -0.136. The van der Waals surface area contributed by atoms with Gasteiger partial charge in [-0.25, -0.2) is 9.89 Å². The largest absolute Gasteiger partial charge is 0.344 e. The molecule has 1 aliphatic rings. The number of nitrogens with two attached hydrogens (primary N) is 1. The van der Waals surface area contributed by atoms with Crippen LogP contribution in [0.1, 0.15) is 46.6 Å². The van der Waals surface area contributed by atoms with Crippen LogP contribution in [0.25, 0.3) is 0 Å². The highest BCUT2D eigenvalue weighted by Crippen LogP contribution is 2.38. The first-order chi connectivity index (χ1) is 8.90. The topological polar surface area (TPSA) is 76.7 Å². The Bertz CT molecular complexity index is 469. The third kappa shape index (κ3) is 3.05. The van der Waals surface area contributed by atoms with Crippen LogP contribution in [0.5, 0.6) is 0 Å².